The Morgan fingerprint density at radius 1 is 1.10 bits per heavy atom. The molecule has 1 heterocycles. The number of aromatic nitrogens is 1. The smallest absolute Gasteiger partial charge is 0.400 e. The van der Waals surface area contributed by atoms with Crippen LogP contribution in [0, 0.1) is 0 Å². The molecule has 3 aromatic rings. The lowest BCUT2D eigenvalue weighted by Crippen LogP contribution is -1.91. The summed E-state index contributed by atoms with van der Waals surface area (Å²) >= 11 is 0. The fraction of sp³-hybridized carbons (Fsp3) is 0.118. The molecule has 0 aliphatic rings. The van der Waals surface area contributed by atoms with Crippen molar-refractivity contribution in [3.05, 3.63) is 54.1 Å². The molecule has 0 saturated heterocycles. The van der Waals surface area contributed by atoms with Gasteiger partial charge in [0.2, 0.25) is 0 Å². The van der Waals surface area contributed by atoms with Crippen molar-refractivity contribution in [3.8, 4) is 17.6 Å². The van der Waals surface area contributed by atoms with Gasteiger partial charge in [-0.25, -0.2) is 0 Å². The lowest BCUT2D eigenvalue weighted by Gasteiger charge is -2.08. The van der Waals surface area contributed by atoms with Gasteiger partial charge in [-0.3, -0.25) is 0 Å². The first-order valence-electron chi connectivity index (χ1n) is 6.64. The van der Waals surface area contributed by atoms with E-state index < -0.39 is 0 Å². The molecule has 0 saturated carbocycles. The molecule has 21 heavy (non-hydrogen) atoms. The molecule has 0 spiro atoms. The van der Waals surface area contributed by atoms with Crippen LogP contribution < -0.4 is 9.47 Å². The van der Waals surface area contributed by atoms with E-state index >= 15 is 0 Å². The zero-order chi connectivity index (χ0) is 14.7. The van der Waals surface area contributed by atoms with Crippen LogP contribution in [0.3, 0.4) is 0 Å². The molecule has 2 aromatic carbocycles. The van der Waals surface area contributed by atoms with Crippen molar-refractivity contribution >= 4 is 17.2 Å². The number of methoxy groups -OCH3 is 1. The van der Waals surface area contributed by atoms with Crippen LogP contribution in [-0.4, -0.2) is 12.1 Å². The number of hydrogen-bond donors (Lipinski definition) is 0. The topological polar surface area (TPSA) is 44.5 Å². The number of rotatable bonds is 4. The monoisotopic (exact) mass is 281 g/mol. The van der Waals surface area contributed by atoms with E-state index in [2.05, 4.69) is 4.98 Å². The molecular formula is C17H15NO3. The first-order valence-corrected chi connectivity index (χ1v) is 6.64. The zero-order valence-electron chi connectivity index (χ0n) is 11.9. The maximum atomic E-state index is 5.69. The molecule has 4 nitrogen and oxygen atoms in total. The Morgan fingerprint density at radius 2 is 1.95 bits per heavy atom. The SMILES string of the molecule is C/C=C/c1ccc(Oc2nc3ccccc3o2)c(OC)c1. The number of allylic oxidation sites excluding steroid dienone is 1. The number of para-hydroxylation sites is 2. The third-order valence-corrected chi connectivity index (χ3v) is 3.02. The average molecular weight is 281 g/mol. The maximum Gasteiger partial charge on any atom is 0.400 e. The zero-order valence-corrected chi connectivity index (χ0v) is 11.9. The summed E-state index contributed by atoms with van der Waals surface area (Å²) in [6.45, 7) is 1.97. The van der Waals surface area contributed by atoms with Crippen LogP contribution in [0.15, 0.2) is 53.0 Å². The van der Waals surface area contributed by atoms with E-state index in [0.29, 0.717) is 17.1 Å². The van der Waals surface area contributed by atoms with Gasteiger partial charge in [-0.05, 0) is 36.8 Å². The standard InChI is InChI=1S/C17H15NO3/c1-3-6-12-9-10-15(16(11-12)19-2)21-17-18-13-7-4-5-8-14(13)20-17/h3-11H,1-2H3/b6-3+. The molecule has 0 radical (unpaired) electrons. The fourth-order valence-electron chi connectivity index (χ4n) is 2.05. The Balaban J connectivity index is 1.93. The maximum absolute atomic E-state index is 5.69. The highest BCUT2D eigenvalue weighted by Crippen LogP contribution is 2.33. The Kier molecular flexibility index (Phi) is 3.60. The fourth-order valence-corrected chi connectivity index (χ4v) is 2.05. The Hall–Kier alpha value is -2.75. The van der Waals surface area contributed by atoms with Crippen molar-refractivity contribution in [1.82, 2.24) is 4.98 Å². The summed E-state index contributed by atoms with van der Waals surface area (Å²) in [6.07, 6.45) is 4.16. The van der Waals surface area contributed by atoms with Gasteiger partial charge in [0.05, 0.1) is 7.11 Å². The Bertz CT molecular complexity index is 757. The summed E-state index contributed by atoms with van der Waals surface area (Å²) < 4.78 is 16.6. The molecule has 0 aliphatic carbocycles. The quantitative estimate of drug-likeness (QED) is 0.697. The summed E-state index contributed by atoms with van der Waals surface area (Å²) in [4.78, 5) is 4.28. The van der Waals surface area contributed by atoms with Crippen LogP contribution in [0.5, 0.6) is 17.6 Å². The first-order chi connectivity index (χ1) is 10.3. The van der Waals surface area contributed by atoms with Crippen LogP contribution in [0.25, 0.3) is 17.2 Å². The minimum atomic E-state index is 0.202. The van der Waals surface area contributed by atoms with Crippen molar-refractivity contribution in [2.24, 2.45) is 0 Å². The highest BCUT2D eigenvalue weighted by atomic mass is 16.6. The molecule has 0 aliphatic heterocycles. The van der Waals surface area contributed by atoms with Crippen molar-refractivity contribution < 1.29 is 13.9 Å². The van der Waals surface area contributed by atoms with E-state index in [9.17, 15) is 0 Å². The molecule has 1 aromatic heterocycles. The van der Waals surface area contributed by atoms with Gasteiger partial charge in [0.1, 0.15) is 5.52 Å². The molecule has 0 fully saturated rings. The van der Waals surface area contributed by atoms with E-state index in [1.807, 2.05) is 61.5 Å². The number of oxazole rings is 1. The number of fused-ring (bicyclic) bond motifs is 1. The van der Waals surface area contributed by atoms with Crippen LogP contribution in [-0.2, 0) is 0 Å². The van der Waals surface area contributed by atoms with E-state index in [0.717, 1.165) is 11.1 Å². The molecule has 106 valence electrons. The third kappa shape index (κ3) is 2.74. The molecule has 3 rings (SSSR count). The van der Waals surface area contributed by atoms with Crippen molar-refractivity contribution in [1.29, 1.82) is 0 Å². The molecule has 0 atom stereocenters. The minimum Gasteiger partial charge on any atom is -0.493 e. The average Bonchev–Trinajstić information content (AvgIpc) is 2.91. The van der Waals surface area contributed by atoms with Crippen LogP contribution in [0.2, 0.25) is 0 Å². The summed E-state index contributed by atoms with van der Waals surface area (Å²) in [7, 11) is 1.60. The van der Waals surface area contributed by atoms with E-state index in [4.69, 9.17) is 13.9 Å². The Labute approximate surface area is 122 Å². The highest BCUT2D eigenvalue weighted by Gasteiger charge is 2.11. The predicted octanol–water partition coefficient (Wildman–Crippen LogP) is 4.66. The number of hydrogen-bond acceptors (Lipinski definition) is 4. The molecule has 0 unspecified atom stereocenters. The lowest BCUT2D eigenvalue weighted by atomic mass is 10.2. The first kappa shape index (κ1) is 13.2. The van der Waals surface area contributed by atoms with Crippen LogP contribution in [0.1, 0.15) is 12.5 Å². The number of ether oxygens (including phenoxy) is 2. The summed E-state index contributed by atoms with van der Waals surface area (Å²) in [5, 5.41) is 0. The minimum absolute atomic E-state index is 0.202. The van der Waals surface area contributed by atoms with Gasteiger partial charge in [0.15, 0.2) is 17.1 Å². The largest absolute Gasteiger partial charge is 0.493 e. The molecular weight excluding hydrogens is 266 g/mol. The summed E-state index contributed by atoms with van der Waals surface area (Å²) in [5.41, 5.74) is 2.49. The second-order valence-corrected chi connectivity index (χ2v) is 4.46. The van der Waals surface area contributed by atoms with Gasteiger partial charge < -0.3 is 13.9 Å². The van der Waals surface area contributed by atoms with Crippen molar-refractivity contribution in [2.75, 3.05) is 7.11 Å². The summed E-state index contributed by atoms with van der Waals surface area (Å²) in [6, 6.07) is 13.2. The number of nitrogens with zero attached hydrogens (tertiary/aromatic N) is 1. The second-order valence-electron chi connectivity index (χ2n) is 4.46. The van der Waals surface area contributed by atoms with Crippen molar-refractivity contribution in [2.45, 2.75) is 6.92 Å². The van der Waals surface area contributed by atoms with Gasteiger partial charge in [-0.2, -0.15) is 4.98 Å². The van der Waals surface area contributed by atoms with Crippen LogP contribution >= 0.6 is 0 Å². The van der Waals surface area contributed by atoms with Crippen LogP contribution in [0.4, 0.5) is 0 Å². The van der Waals surface area contributed by atoms with E-state index in [1.54, 1.807) is 7.11 Å². The predicted molar refractivity (Wildman–Crippen MR) is 81.8 cm³/mol. The third-order valence-electron chi connectivity index (χ3n) is 3.02. The van der Waals surface area contributed by atoms with Gasteiger partial charge in [-0.1, -0.05) is 30.4 Å². The summed E-state index contributed by atoms with van der Waals surface area (Å²) in [5.74, 6) is 1.20. The lowest BCUT2D eigenvalue weighted by molar-refractivity contribution is 0.319. The normalized spacial score (nSPS) is 11.1. The van der Waals surface area contributed by atoms with Crippen molar-refractivity contribution in [3.63, 3.8) is 0 Å². The van der Waals surface area contributed by atoms with Gasteiger partial charge in [0.25, 0.3) is 0 Å². The molecule has 0 N–H and O–H groups in total. The van der Waals surface area contributed by atoms with Gasteiger partial charge in [0, 0.05) is 0 Å². The number of benzene rings is 2. The van der Waals surface area contributed by atoms with E-state index in [1.165, 1.54) is 0 Å². The van der Waals surface area contributed by atoms with E-state index in [-0.39, 0.29) is 6.08 Å². The Morgan fingerprint density at radius 3 is 2.71 bits per heavy atom. The second kappa shape index (κ2) is 5.71. The molecule has 4 heteroatoms. The van der Waals surface area contributed by atoms with Gasteiger partial charge >= 0.3 is 6.08 Å². The highest BCUT2D eigenvalue weighted by molar-refractivity contribution is 5.72. The molecule has 0 amide bonds. The molecule has 0 bridgehead atoms. The van der Waals surface area contributed by atoms with Gasteiger partial charge in [-0.15, -0.1) is 0 Å².